The molecule has 1 N–H and O–H groups in total. The maximum absolute atomic E-state index is 12.9. The van der Waals surface area contributed by atoms with E-state index in [0.717, 1.165) is 23.0 Å². The Morgan fingerprint density at radius 1 is 0.971 bits per heavy atom. The Kier molecular flexibility index (Phi) is 6.58. The molecular formula is C24H24F3N5O2. The van der Waals surface area contributed by atoms with Crippen LogP contribution in [0.15, 0.2) is 54.6 Å². The van der Waals surface area contributed by atoms with E-state index in [-0.39, 0.29) is 5.56 Å². The average Bonchev–Trinajstić information content (AvgIpc) is 2.79. The van der Waals surface area contributed by atoms with Crippen LogP contribution in [0.1, 0.15) is 21.6 Å². The second kappa shape index (κ2) is 9.58. The highest BCUT2D eigenvalue weighted by molar-refractivity contribution is 5.97. The number of aromatic nitrogens is 2. The van der Waals surface area contributed by atoms with E-state index in [9.17, 15) is 18.0 Å². The maximum atomic E-state index is 12.9. The zero-order chi connectivity index (χ0) is 24.3. The van der Waals surface area contributed by atoms with Crippen molar-refractivity contribution in [1.82, 2.24) is 14.9 Å². The van der Waals surface area contributed by atoms with Crippen molar-refractivity contribution in [3.63, 3.8) is 0 Å². The number of nitrogens with zero attached hydrogens (tertiary/aromatic N) is 4. The lowest BCUT2D eigenvalue weighted by atomic mass is 10.1. The number of carbonyl (C=O) groups is 1. The van der Waals surface area contributed by atoms with Crippen molar-refractivity contribution in [2.24, 2.45) is 0 Å². The van der Waals surface area contributed by atoms with Gasteiger partial charge < -0.3 is 19.9 Å². The Morgan fingerprint density at radius 3 is 2.32 bits per heavy atom. The monoisotopic (exact) mass is 471 g/mol. The van der Waals surface area contributed by atoms with Crippen LogP contribution in [-0.4, -0.2) is 53.3 Å². The summed E-state index contributed by atoms with van der Waals surface area (Å²) in [6, 6.07) is 15.2. The fourth-order valence-electron chi connectivity index (χ4n) is 3.68. The van der Waals surface area contributed by atoms with Crippen molar-refractivity contribution >= 4 is 23.4 Å². The standard InChI is InChI=1S/C24H24F3N5O2/c1-16-7-9-18(10-8-16)29-21-15-17(2)28-23(30-21)32-13-11-31(12-14-32)22(33)19-5-3-4-6-20(19)34-24(25,26)27/h3-10,15H,11-14H2,1-2H3,(H,28,29,30). The number of amides is 1. The minimum absolute atomic E-state index is 0.121. The minimum Gasteiger partial charge on any atom is -0.405 e. The van der Waals surface area contributed by atoms with Gasteiger partial charge in [0.2, 0.25) is 5.95 Å². The van der Waals surface area contributed by atoms with E-state index < -0.39 is 18.0 Å². The normalized spacial score (nSPS) is 14.1. The van der Waals surface area contributed by atoms with E-state index in [1.54, 1.807) is 0 Å². The molecule has 1 saturated heterocycles. The zero-order valence-electron chi connectivity index (χ0n) is 18.8. The van der Waals surface area contributed by atoms with Crippen LogP contribution in [0.25, 0.3) is 0 Å². The van der Waals surface area contributed by atoms with Gasteiger partial charge in [-0.15, -0.1) is 13.2 Å². The third-order valence-electron chi connectivity index (χ3n) is 5.36. The quantitative estimate of drug-likeness (QED) is 0.582. The molecule has 3 aromatic rings. The Bertz CT molecular complexity index is 1160. The van der Waals surface area contributed by atoms with Crippen molar-refractivity contribution in [3.05, 3.63) is 71.4 Å². The van der Waals surface area contributed by atoms with Crippen LogP contribution >= 0.6 is 0 Å². The number of para-hydroxylation sites is 1. The lowest BCUT2D eigenvalue weighted by Crippen LogP contribution is -2.49. The molecule has 0 atom stereocenters. The highest BCUT2D eigenvalue weighted by Gasteiger charge is 2.34. The number of aryl methyl sites for hydroxylation is 2. The Labute approximate surface area is 195 Å². The molecule has 0 saturated carbocycles. The van der Waals surface area contributed by atoms with Gasteiger partial charge in [0.15, 0.2) is 0 Å². The number of carbonyl (C=O) groups excluding carboxylic acids is 1. The molecule has 10 heteroatoms. The van der Waals surface area contributed by atoms with Gasteiger partial charge >= 0.3 is 6.36 Å². The molecule has 1 aromatic heterocycles. The van der Waals surface area contributed by atoms with Gasteiger partial charge in [0.25, 0.3) is 5.91 Å². The van der Waals surface area contributed by atoms with Gasteiger partial charge in [-0.2, -0.15) is 4.98 Å². The summed E-state index contributed by atoms with van der Waals surface area (Å²) in [6.07, 6.45) is -4.87. The van der Waals surface area contributed by atoms with Crippen LogP contribution in [0.3, 0.4) is 0 Å². The van der Waals surface area contributed by atoms with Crippen LogP contribution in [0.4, 0.5) is 30.6 Å². The molecule has 0 bridgehead atoms. The van der Waals surface area contributed by atoms with Crippen LogP contribution < -0.4 is 15.0 Å². The molecule has 1 fully saturated rings. The average molecular weight is 471 g/mol. The number of piperazine rings is 1. The molecular weight excluding hydrogens is 447 g/mol. The first-order valence-electron chi connectivity index (χ1n) is 10.8. The van der Waals surface area contributed by atoms with E-state index in [2.05, 4.69) is 20.0 Å². The van der Waals surface area contributed by atoms with E-state index in [0.29, 0.717) is 37.9 Å². The SMILES string of the molecule is Cc1ccc(Nc2cc(C)nc(N3CCN(C(=O)c4ccccc4OC(F)(F)F)CC3)n2)cc1. The summed E-state index contributed by atoms with van der Waals surface area (Å²) in [7, 11) is 0. The van der Waals surface area contributed by atoms with Crippen molar-refractivity contribution in [2.45, 2.75) is 20.2 Å². The number of hydrogen-bond donors (Lipinski definition) is 1. The van der Waals surface area contributed by atoms with Crippen molar-refractivity contribution in [3.8, 4) is 5.75 Å². The molecule has 1 amide bonds. The van der Waals surface area contributed by atoms with Gasteiger partial charge in [-0.3, -0.25) is 4.79 Å². The number of anilines is 3. The van der Waals surface area contributed by atoms with Gasteiger partial charge in [-0.1, -0.05) is 29.8 Å². The summed E-state index contributed by atoms with van der Waals surface area (Å²) >= 11 is 0. The minimum atomic E-state index is -4.87. The third-order valence-corrected chi connectivity index (χ3v) is 5.36. The first-order valence-corrected chi connectivity index (χ1v) is 10.8. The second-order valence-corrected chi connectivity index (χ2v) is 8.01. The van der Waals surface area contributed by atoms with Crippen LogP contribution in [0, 0.1) is 13.8 Å². The second-order valence-electron chi connectivity index (χ2n) is 8.01. The number of rotatable bonds is 5. The number of benzene rings is 2. The summed E-state index contributed by atoms with van der Waals surface area (Å²) in [5, 5.41) is 3.28. The molecule has 0 radical (unpaired) electrons. The highest BCUT2D eigenvalue weighted by Crippen LogP contribution is 2.28. The Morgan fingerprint density at radius 2 is 1.65 bits per heavy atom. The summed E-state index contributed by atoms with van der Waals surface area (Å²) in [6.45, 7) is 5.42. The first kappa shape index (κ1) is 23.3. The number of ether oxygens (including phenoxy) is 1. The fraction of sp³-hybridized carbons (Fsp3) is 0.292. The molecule has 0 spiro atoms. The molecule has 7 nitrogen and oxygen atoms in total. The number of alkyl halides is 3. The zero-order valence-corrected chi connectivity index (χ0v) is 18.8. The van der Waals surface area contributed by atoms with Gasteiger partial charge in [0, 0.05) is 43.6 Å². The summed E-state index contributed by atoms with van der Waals surface area (Å²) in [5.74, 6) is 0.174. The summed E-state index contributed by atoms with van der Waals surface area (Å²) in [5.41, 5.74) is 2.73. The summed E-state index contributed by atoms with van der Waals surface area (Å²) in [4.78, 5) is 25.5. The van der Waals surface area contributed by atoms with Gasteiger partial charge in [-0.05, 0) is 38.1 Å². The summed E-state index contributed by atoms with van der Waals surface area (Å²) < 4.78 is 42.2. The van der Waals surface area contributed by atoms with Crippen molar-refractivity contribution in [1.29, 1.82) is 0 Å². The molecule has 2 aromatic carbocycles. The fourth-order valence-corrected chi connectivity index (χ4v) is 3.68. The number of nitrogens with one attached hydrogen (secondary N) is 1. The molecule has 178 valence electrons. The molecule has 34 heavy (non-hydrogen) atoms. The maximum Gasteiger partial charge on any atom is 0.573 e. The van der Waals surface area contributed by atoms with Gasteiger partial charge in [-0.25, -0.2) is 4.98 Å². The highest BCUT2D eigenvalue weighted by atomic mass is 19.4. The molecule has 1 aliphatic heterocycles. The van der Waals surface area contributed by atoms with E-state index in [1.807, 2.05) is 49.1 Å². The lowest BCUT2D eigenvalue weighted by Gasteiger charge is -2.35. The van der Waals surface area contributed by atoms with E-state index >= 15 is 0 Å². The Balaban J connectivity index is 1.44. The molecule has 4 rings (SSSR count). The molecule has 0 unspecified atom stereocenters. The predicted octanol–water partition coefficient (Wildman–Crippen LogP) is 4.70. The van der Waals surface area contributed by atoms with Crippen LogP contribution in [0.5, 0.6) is 5.75 Å². The van der Waals surface area contributed by atoms with Crippen molar-refractivity contribution in [2.75, 3.05) is 36.4 Å². The van der Waals surface area contributed by atoms with E-state index in [1.165, 1.54) is 23.1 Å². The molecule has 1 aliphatic rings. The van der Waals surface area contributed by atoms with Crippen molar-refractivity contribution < 1.29 is 22.7 Å². The first-order chi connectivity index (χ1) is 16.2. The van der Waals surface area contributed by atoms with Crippen LogP contribution in [-0.2, 0) is 0 Å². The third kappa shape index (κ3) is 5.75. The van der Waals surface area contributed by atoms with E-state index in [4.69, 9.17) is 0 Å². The molecule has 0 aliphatic carbocycles. The lowest BCUT2D eigenvalue weighted by molar-refractivity contribution is -0.274. The largest absolute Gasteiger partial charge is 0.573 e. The predicted molar refractivity (Wildman–Crippen MR) is 122 cm³/mol. The van der Waals surface area contributed by atoms with Gasteiger partial charge in [0.1, 0.15) is 11.6 Å². The van der Waals surface area contributed by atoms with Crippen LogP contribution in [0.2, 0.25) is 0 Å². The van der Waals surface area contributed by atoms with Gasteiger partial charge in [0.05, 0.1) is 5.56 Å². The smallest absolute Gasteiger partial charge is 0.405 e. The molecule has 2 heterocycles. The number of hydrogen-bond acceptors (Lipinski definition) is 6. The number of halogens is 3. The Hall–Kier alpha value is -3.82. The topological polar surface area (TPSA) is 70.6 Å².